The quantitative estimate of drug-likeness (QED) is 0.611. The fourth-order valence-corrected chi connectivity index (χ4v) is 4.74. The highest BCUT2D eigenvalue weighted by molar-refractivity contribution is 7.16. The Hall–Kier alpha value is -3.19. The Labute approximate surface area is 185 Å². The number of benzene rings is 2. The molecular formula is C24H24FN5S. The van der Waals surface area contributed by atoms with Crippen LogP contribution in [0, 0.1) is 12.7 Å². The second-order valence-corrected chi connectivity index (χ2v) is 9.06. The molecule has 0 aliphatic carbocycles. The summed E-state index contributed by atoms with van der Waals surface area (Å²) in [5, 5.41) is 5.58. The number of hydrogen-bond donors (Lipinski definition) is 1. The van der Waals surface area contributed by atoms with E-state index in [0.29, 0.717) is 0 Å². The lowest BCUT2D eigenvalue weighted by Gasteiger charge is -2.37. The number of fused-ring (bicyclic) bond motifs is 2. The first-order valence-corrected chi connectivity index (χ1v) is 11.2. The zero-order valence-corrected chi connectivity index (χ0v) is 18.4. The van der Waals surface area contributed by atoms with Gasteiger partial charge < -0.3 is 15.1 Å². The van der Waals surface area contributed by atoms with E-state index in [-0.39, 0.29) is 5.82 Å². The van der Waals surface area contributed by atoms with Crippen LogP contribution in [0.5, 0.6) is 0 Å². The molecule has 0 radical (unpaired) electrons. The molecular weight excluding hydrogens is 409 g/mol. The minimum atomic E-state index is -0.202. The van der Waals surface area contributed by atoms with Crippen molar-refractivity contribution in [2.24, 2.45) is 4.99 Å². The maximum atomic E-state index is 13.2. The number of nitrogens with one attached hydrogen (secondary N) is 1. The fraction of sp³-hybridized carbons (Fsp3) is 0.250. The Balaban J connectivity index is 1.46. The molecule has 1 fully saturated rings. The molecule has 0 bridgehead atoms. The lowest BCUT2D eigenvalue weighted by atomic mass is 10.1. The van der Waals surface area contributed by atoms with Gasteiger partial charge in [0.1, 0.15) is 16.5 Å². The van der Waals surface area contributed by atoms with Gasteiger partial charge in [0.25, 0.3) is 0 Å². The van der Waals surface area contributed by atoms with Crippen molar-refractivity contribution in [1.82, 2.24) is 14.8 Å². The summed E-state index contributed by atoms with van der Waals surface area (Å²) in [4.78, 5) is 14.5. The number of amidine groups is 1. The monoisotopic (exact) mass is 433 g/mol. The highest BCUT2D eigenvalue weighted by Gasteiger charge is 2.28. The highest BCUT2D eigenvalue weighted by atomic mass is 32.1. The van der Waals surface area contributed by atoms with Crippen LogP contribution in [0.25, 0.3) is 0 Å². The normalized spacial score (nSPS) is 17.0. The molecule has 158 valence electrons. The van der Waals surface area contributed by atoms with E-state index >= 15 is 0 Å². The third kappa shape index (κ3) is 4.05. The predicted molar refractivity (Wildman–Crippen MR) is 125 cm³/mol. The number of hydrogen-bond acceptors (Lipinski definition) is 6. The summed E-state index contributed by atoms with van der Waals surface area (Å²) in [6.45, 7) is 4.57. The maximum Gasteiger partial charge on any atom is 0.158 e. The maximum absolute atomic E-state index is 13.2. The zero-order valence-electron chi connectivity index (χ0n) is 17.6. The summed E-state index contributed by atoms with van der Waals surface area (Å²) < 4.78 is 13.2. The van der Waals surface area contributed by atoms with Crippen molar-refractivity contribution < 1.29 is 4.39 Å². The average molecular weight is 434 g/mol. The van der Waals surface area contributed by atoms with Gasteiger partial charge in [0.2, 0.25) is 0 Å². The number of nitrogens with zero attached hydrogens (tertiary/aromatic N) is 4. The van der Waals surface area contributed by atoms with E-state index in [4.69, 9.17) is 9.98 Å². The number of para-hydroxylation sites is 2. The lowest BCUT2D eigenvalue weighted by molar-refractivity contribution is 0.270. The van der Waals surface area contributed by atoms with Crippen LogP contribution in [0.2, 0.25) is 0 Å². The average Bonchev–Trinajstić information content (AvgIpc) is 3.06. The first-order chi connectivity index (χ1) is 15.1. The van der Waals surface area contributed by atoms with Gasteiger partial charge in [0.15, 0.2) is 5.84 Å². The number of aromatic nitrogens is 1. The summed E-state index contributed by atoms with van der Waals surface area (Å²) in [7, 11) is 2.12. The molecule has 31 heavy (non-hydrogen) atoms. The molecule has 3 aromatic rings. The zero-order chi connectivity index (χ0) is 21.4. The van der Waals surface area contributed by atoms with Gasteiger partial charge in [-0.2, -0.15) is 0 Å². The van der Waals surface area contributed by atoms with E-state index in [1.807, 2.05) is 37.3 Å². The number of thiazole rings is 1. The topological polar surface area (TPSA) is 43.8 Å². The smallest absolute Gasteiger partial charge is 0.158 e. The standard InChI is InChI=1S/C24H24FN5S/c1-16-26-22-23(27-20-5-3-4-6-21(20)28-24(22)31-16)30-14-13-29(2)19(15-30)12-9-17-7-10-18(25)11-8-17/h3-8,10-12,28H,9,13-15H2,1-2H3/b19-12+. The predicted octanol–water partition coefficient (Wildman–Crippen LogP) is 5.10. The van der Waals surface area contributed by atoms with Crippen molar-refractivity contribution in [3.63, 3.8) is 0 Å². The van der Waals surface area contributed by atoms with Gasteiger partial charge in [-0.1, -0.05) is 30.3 Å². The SMILES string of the molecule is Cc1nc2c(s1)Nc1ccccc1N=C2N1CCN(C)/C(=C/Cc2ccc(F)cc2)C1. The number of likely N-dealkylation sites (N-methyl/N-ethyl adjacent to an activating group) is 1. The Morgan fingerprint density at radius 1 is 1.13 bits per heavy atom. The summed E-state index contributed by atoms with van der Waals surface area (Å²) >= 11 is 1.66. The van der Waals surface area contributed by atoms with E-state index in [0.717, 1.165) is 64.5 Å². The largest absolute Gasteiger partial charge is 0.375 e. The van der Waals surface area contributed by atoms with Gasteiger partial charge in [0, 0.05) is 25.8 Å². The van der Waals surface area contributed by atoms with Gasteiger partial charge in [0.05, 0.1) is 22.9 Å². The van der Waals surface area contributed by atoms with Gasteiger partial charge in [-0.05, 0) is 43.2 Å². The fourth-order valence-electron chi connectivity index (χ4n) is 3.92. The van der Waals surface area contributed by atoms with E-state index in [1.165, 1.54) is 17.8 Å². The van der Waals surface area contributed by atoms with Gasteiger partial charge in [-0.25, -0.2) is 14.4 Å². The van der Waals surface area contributed by atoms with Crippen molar-refractivity contribution in [2.45, 2.75) is 13.3 Å². The molecule has 0 amide bonds. The van der Waals surface area contributed by atoms with E-state index < -0.39 is 0 Å². The van der Waals surface area contributed by atoms with Crippen LogP contribution in [-0.4, -0.2) is 47.3 Å². The van der Waals surface area contributed by atoms with Crippen LogP contribution >= 0.6 is 11.3 Å². The Morgan fingerprint density at radius 3 is 2.77 bits per heavy atom. The molecule has 2 aliphatic rings. The Bertz CT molecular complexity index is 1160. The molecule has 7 heteroatoms. The molecule has 0 unspecified atom stereocenters. The Kier molecular flexibility index (Phi) is 5.19. The number of allylic oxidation sites excluding steroid dienone is 1. The van der Waals surface area contributed by atoms with Crippen molar-refractivity contribution >= 4 is 33.5 Å². The summed E-state index contributed by atoms with van der Waals surface area (Å²) in [5.74, 6) is 0.713. The first-order valence-electron chi connectivity index (χ1n) is 10.4. The Morgan fingerprint density at radius 2 is 1.94 bits per heavy atom. The minimum Gasteiger partial charge on any atom is -0.375 e. The lowest BCUT2D eigenvalue weighted by Crippen LogP contribution is -2.46. The van der Waals surface area contributed by atoms with Crippen molar-refractivity contribution in [3.05, 3.63) is 82.4 Å². The van der Waals surface area contributed by atoms with Crippen LogP contribution in [0.1, 0.15) is 16.3 Å². The molecule has 0 spiro atoms. The molecule has 1 saturated heterocycles. The van der Waals surface area contributed by atoms with E-state index in [2.05, 4.69) is 34.3 Å². The van der Waals surface area contributed by atoms with Crippen LogP contribution in [0.3, 0.4) is 0 Å². The second kappa shape index (κ2) is 8.15. The van der Waals surface area contributed by atoms with Crippen LogP contribution in [0.15, 0.2) is 65.3 Å². The third-order valence-electron chi connectivity index (χ3n) is 5.66. The summed E-state index contributed by atoms with van der Waals surface area (Å²) in [6.07, 6.45) is 3.00. The molecule has 3 heterocycles. The van der Waals surface area contributed by atoms with E-state index in [9.17, 15) is 4.39 Å². The number of anilines is 2. The van der Waals surface area contributed by atoms with Crippen LogP contribution in [0.4, 0.5) is 20.8 Å². The van der Waals surface area contributed by atoms with Crippen LogP contribution in [-0.2, 0) is 6.42 Å². The molecule has 5 rings (SSSR count). The van der Waals surface area contributed by atoms with E-state index in [1.54, 1.807) is 11.3 Å². The van der Waals surface area contributed by atoms with Gasteiger partial charge in [-0.15, -0.1) is 11.3 Å². The number of aryl methyl sites for hydroxylation is 1. The molecule has 1 N–H and O–H groups in total. The van der Waals surface area contributed by atoms with Crippen LogP contribution < -0.4 is 5.32 Å². The van der Waals surface area contributed by atoms with Gasteiger partial charge >= 0.3 is 0 Å². The summed E-state index contributed by atoms with van der Waals surface area (Å²) in [6, 6.07) is 14.8. The molecule has 2 aliphatic heterocycles. The number of aliphatic imine (C=N–C) groups is 1. The molecule has 0 saturated carbocycles. The molecule has 5 nitrogen and oxygen atoms in total. The van der Waals surface area contributed by atoms with Crippen molar-refractivity contribution in [1.29, 1.82) is 0 Å². The number of halogens is 1. The highest BCUT2D eigenvalue weighted by Crippen LogP contribution is 2.37. The number of rotatable bonds is 2. The number of piperazine rings is 1. The van der Waals surface area contributed by atoms with Gasteiger partial charge in [-0.3, -0.25) is 0 Å². The minimum absolute atomic E-state index is 0.202. The first kappa shape index (κ1) is 19.8. The molecule has 0 atom stereocenters. The molecule has 1 aromatic heterocycles. The third-order valence-corrected chi connectivity index (χ3v) is 6.55. The second-order valence-electron chi connectivity index (χ2n) is 7.86. The van der Waals surface area contributed by atoms with Crippen molar-refractivity contribution in [3.8, 4) is 0 Å². The molecule has 2 aromatic carbocycles. The summed E-state index contributed by atoms with van der Waals surface area (Å²) in [5.41, 5.74) is 5.18. The van der Waals surface area contributed by atoms with Crippen molar-refractivity contribution in [2.75, 3.05) is 32.0 Å².